The van der Waals surface area contributed by atoms with Crippen molar-refractivity contribution in [2.45, 2.75) is 18.2 Å². The third-order valence-electron chi connectivity index (χ3n) is 4.35. The van der Waals surface area contributed by atoms with E-state index in [9.17, 15) is 18.0 Å². The normalized spacial score (nSPS) is 11.0. The number of aromatic nitrogens is 1. The lowest BCUT2D eigenvalue weighted by Gasteiger charge is -2.10. The van der Waals surface area contributed by atoms with Gasteiger partial charge in [0.05, 0.1) is 17.3 Å². The van der Waals surface area contributed by atoms with Crippen LogP contribution >= 0.6 is 11.8 Å². The number of ketones is 1. The predicted octanol–water partition coefficient (Wildman–Crippen LogP) is 3.97. The number of Topliss-reactive ketones (excluding diaryl/α,β-unsaturated/α-hetero) is 1. The quantitative estimate of drug-likeness (QED) is 0.447. The van der Waals surface area contributed by atoms with Gasteiger partial charge in [-0.3, -0.25) is 19.3 Å². The molecule has 2 aromatic carbocycles. The Morgan fingerprint density at radius 3 is 2.34 bits per heavy atom. The van der Waals surface area contributed by atoms with Gasteiger partial charge in [-0.2, -0.15) is 0 Å². The van der Waals surface area contributed by atoms with Crippen LogP contribution < -0.4 is 9.46 Å². The fraction of sp³-hybridized carbons (Fsp3) is 0.174. The van der Waals surface area contributed by atoms with E-state index in [2.05, 4.69) is 9.71 Å². The van der Waals surface area contributed by atoms with E-state index in [1.165, 1.54) is 43.3 Å². The molecule has 9 heteroatoms. The van der Waals surface area contributed by atoms with Gasteiger partial charge < -0.3 is 4.74 Å². The topological polar surface area (TPSA) is 102 Å². The molecular weight excluding hydrogens is 448 g/mol. The molecule has 0 unspecified atom stereocenters. The van der Waals surface area contributed by atoms with Crippen molar-refractivity contribution in [2.75, 3.05) is 17.1 Å². The van der Waals surface area contributed by atoms with Gasteiger partial charge in [-0.05, 0) is 60.7 Å². The fourth-order valence-corrected chi connectivity index (χ4v) is 4.28. The second-order valence-corrected chi connectivity index (χ2v) is 9.61. The van der Waals surface area contributed by atoms with E-state index in [1.54, 1.807) is 18.3 Å². The zero-order valence-corrected chi connectivity index (χ0v) is 19.0. The van der Waals surface area contributed by atoms with Gasteiger partial charge in [0.1, 0.15) is 5.75 Å². The molecule has 1 N–H and O–H groups in total. The summed E-state index contributed by atoms with van der Waals surface area (Å²) in [6.07, 6.45) is 2.37. The monoisotopic (exact) mass is 470 g/mol. The number of nitrogens with zero attached hydrogens (tertiary/aromatic N) is 1. The number of anilines is 1. The van der Waals surface area contributed by atoms with Gasteiger partial charge in [0.25, 0.3) is 10.0 Å². The Bertz CT molecular complexity index is 1160. The van der Waals surface area contributed by atoms with Gasteiger partial charge in [-0.15, -0.1) is 0 Å². The van der Waals surface area contributed by atoms with Crippen molar-refractivity contribution in [1.29, 1.82) is 0 Å². The number of thioether (sulfide) groups is 1. The summed E-state index contributed by atoms with van der Waals surface area (Å²) in [5, 5.41) is -0.132. The standard InChI is InChI=1S/C23H22N2O5S2/c1-17(26)31-16-23(27)18-5-7-20(8-6-18)25-32(28,29)22-11-9-21(10-12-22)30-15-13-19-4-2-3-14-24-19/h2-12,14,25H,13,15-16H2,1H3. The summed E-state index contributed by atoms with van der Waals surface area (Å²) in [7, 11) is -3.80. The lowest BCUT2D eigenvalue weighted by atomic mass is 10.1. The molecule has 0 atom stereocenters. The Morgan fingerprint density at radius 1 is 1.00 bits per heavy atom. The van der Waals surface area contributed by atoms with Crippen LogP contribution in [0.15, 0.2) is 77.8 Å². The number of pyridine rings is 1. The lowest BCUT2D eigenvalue weighted by Crippen LogP contribution is -2.13. The molecule has 166 valence electrons. The van der Waals surface area contributed by atoms with Crippen molar-refractivity contribution in [3.8, 4) is 5.75 Å². The summed E-state index contributed by atoms with van der Waals surface area (Å²) < 4.78 is 33.4. The van der Waals surface area contributed by atoms with Crippen LogP contribution in [0.2, 0.25) is 0 Å². The van der Waals surface area contributed by atoms with Crippen LogP contribution in [0.3, 0.4) is 0 Å². The van der Waals surface area contributed by atoms with Crippen LogP contribution in [-0.4, -0.2) is 36.7 Å². The van der Waals surface area contributed by atoms with Crippen molar-refractivity contribution < 1.29 is 22.7 Å². The smallest absolute Gasteiger partial charge is 0.261 e. The number of hydrogen-bond donors (Lipinski definition) is 1. The summed E-state index contributed by atoms with van der Waals surface area (Å²) >= 11 is 0.937. The molecule has 0 saturated heterocycles. The number of ether oxygens (including phenoxy) is 1. The number of carbonyl (C=O) groups is 2. The molecular formula is C23H22N2O5S2. The van der Waals surface area contributed by atoms with Crippen LogP contribution in [-0.2, 0) is 21.2 Å². The highest BCUT2D eigenvalue weighted by Gasteiger charge is 2.15. The summed E-state index contributed by atoms with van der Waals surface area (Å²) in [6, 6.07) is 17.9. The van der Waals surface area contributed by atoms with E-state index in [0.29, 0.717) is 30.0 Å². The molecule has 0 spiro atoms. The fourth-order valence-electron chi connectivity index (χ4n) is 2.72. The van der Waals surface area contributed by atoms with Crippen molar-refractivity contribution >= 4 is 38.4 Å². The summed E-state index contributed by atoms with van der Waals surface area (Å²) in [6.45, 7) is 1.83. The molecule has 1 heterocycles. The van der Waals surface area contributed by atoms with E-state index in [4.69, 9.17) is 4.74 Å². The summed E-state index contributed by atoms with van der Waals surface area (Å²) in [5.41, 5.74) is 1.66. The summed E-state index contributed by atoms with van der Waals surface area (Å²) in [5.74, 6) is 0.417. The Morgan fingerprint density at radius 2 is 1.72 bits per heavy atom. The molecule has 0 saturated carbocycles. The maximum absolute atomic E-state index is 12.6. The number of benzene rings is 2. The van der Waals surface area contributed by atoms with Crippen molar-refractivity contribution in [1.82, 2.24) is 4.98 Å². The summed E-state index contributed by atoms with van der Waals surface area (Å²) in [4.78, 5) is 27.3. The van der Waals surface area contributed by atoms with Gasteiger partial charge >= 0.3 is 0 Å². The van der Waals surface area contributed by atoms with Crippen molar-refractivity contribution in [2.24, 2.45) is 0 Å². The van der Waals surface area contributed by atoms with Crippen LogP contribution in [0.1, 0.15) is 23.0 Å². The largest absolute Gasteiger partial charge is 0.493 e. The first-order valence-corrected chi connectivity index (χ1v) is 12.2. The third-order valence-corrected chi connectivity index (χ3v) is 6.56. The second-order valence-electron chi connectivity index (χ2n) is 6.78. The van der Waals surface area contributed by atoms with E-state index in [0.717, 1.165) is 17.5 Å². The first kappa shape index (κ1) is 23.5. The number of nitrogens with one attached hydrogen (secondary N) is 1. The molecule has 0 radical (unpaired) electrons. The molecule has 7 nitrogen and oxygen atoms in total. The Balaban J connectivity index is 1.56. The van der Waals surface area contributed by atoms with E-state index >= 15 is 0 Å². The predicted molar refractivity (Wildman–Crippen MR) is 125 cm³/mol. The highest BCUT2D eigenvalue weighted by atomic mass is 32.2. The molecule has 0 amide bonds. The number of sulfonamides is 1. The maximum Gasteiger partial charge on any atom is 0.261 e. The van der Waals surface area contributed by atoms with Gasteiger partial charge in [-0.25, -0.2) is 8.42 Å². The molecule has 0 aliphatic rings. The highest BCUT2D eigenvalue weighted by Crippen LogP contribution is 2.20. The van der Waals surface area contributed by atoms with Crippen LogP contribution in [0.4, 0.5) is 5.69 Å². The minimum atomic E-state index is -3.80. The van der Waals surface area contributed by atoms with Crippen LogP contribution in [0, 0.1) is 0 Å². The molecule has 3 aromatic rings. The van der Waals surface area contributed by atoms with Gasteiger partial charge in [0.2, 0.25) is 0 Å². The Hall–Kier alpha value is -3.17. The van der Waals surface area contributed by atoms with Crippen molar-refractivity contribution in [3.05, 3.63) is 84.2 Å². The molecule has 1 aromatic heterocycles. The number of rotatable bonds is 10. The number of hydrogen-bond acceptors (Lipinski definition) is 7. The first-order valence-electron chi connectivity index (χ1n) is 9.76. The van der Waals surface area contributed by atoms with Gasteiger partial charge in [-0.1, -0.05) is 17.8 Å². The van der Waals surface area contributed by atoms with Crippen molar-refractivity contribution in [3.63, 3.8) is 0 Å². The van der Waals surface area contributed by atoms with E-state index in [-0.39, 0.29) is 21.5 Å². The molecule has 3 rings (SSSR count). The number of carbonyl (C=O) groups excluding carboxylic acids is 2. The minimum Gasteiger partial charge on any atom is -0.493 e. The van der Waals surface area contributed by atoms with Crippen LogP contribution in [0.25, 0.3) is 0 Å². The SMILES string of the molecule is CC(=O)SCC(=O)c1ccc(NS(=O)(=O)c2ccc(OCCc3ccccn3)cc2)cc1. The second kappa shape index (κ2) is 10.9. The Kier molecular flexibility index (Phi) is 8.02. The van der Waals surface area contributed by atoms with E-state index < -0.39 is 10.0 Å². The zero-order valence-electron chi connectivity index (χ0n) is 17.4. The molecule has 0 fully saturated rings. The molecule has 32 heavy (non-hydrogen) atoms. The Labute approximate surface area is 191 Å². The molecule has 0 aliphatic carbocycles. The van der Waals surface area contributed by atoms with Gasteiger partial charge in [0, 0.05) is 36.5 Å². The first-order chi connectivity index (χ1) is 15.3. The van der Waals surface area contributed by atoms with E-state index in [1.807, 2.05) is 18.2 Å². The lowest BCUT2D eigenvalue weighted by molar-refractivity contribution is -0.109. The molecule has 0 bridgehead atoms. The van der Waals surface area contributed by atoms with Gasteiger partial charge in [0.15, 0.2) is 10.9 Å². The molecule has 0 aliphatic heterocycles. The van der Waals surface area contributed by atoms with Crippen LogP contribution in [0.5, 0.6) is 5.75 Å². The maximum atomic E-state index is 12.6. The zero-order chi connectivity index (χ0) is 23.0. The highest BCUT2D eigenvalue weighted by molar-refractivity contribution is 8.14. The average Bonchev–Trinajstić information content (AvgIpc) is 2.79. The minimum absolute atomic E-state index is 0.0523. The average molecular weight is 471 g/mol. The third kappa shape index (κ3) is 6.93.